The molecule has 3 rings (SSSR count). The van der Waals surface area contributed by atoms with Crippen molar-refractivity contribution < 1.29 is 4.79 Å². The first-order chi connectivity index (χ1) is 9.74. The third-order valence-electron chi connectivity index (χ3n) is 4.39. The number of nitrogens with one attached hydrogen (secondary N) is 1. The zero-order valence-corrected chi connectivity index (χ0v) is 11.8. The van der Waals surface area contributed by atoms with Gasteiger partial charge in [0.05, 0.1) is 5.52 Å². The monoisotopic (exact) mass is 268 g/mol. The Bertz CT molecular complexity index is 617. The fraction of sp³-hybridized carbons (Fsp3) is 0.412. The molecule has 1 N–H and O–H groups in total. The predicted octanol–water partition coefficient (Wildman–Crippen LogP) is 4.00. The van der Waals surface area contributed by atoms with Gasteiger partial charge in [0, 0.05) is 23.2 Å². The number of fused-ring (bicyclic) bond motifs is 1. The highest BCUT2D eigenvalue weighted by atomic mass is 16.1. The van der Waals surface area contributed by atoms with E-state index in [1.165, 1.54) is 25.7 Å². The maximum atomic E-state index is 12.3. The highest BCUT2D eigenvalue weighted by Gasteiger charge is 2.26. The van der Waals surface area contributed by atoms with Gasteiger partial charge in [0.2, 0.25) is 5.91 Å². The van der Waals surface area contributed by atoms with Gasteiger partial charge in [-0.1, -0.05) is 25.8 Å². The van der Waals surface area contributed by atoms with E-state index < -0.39 is 0 Å². The van der Waals surface area contributed by atoms with E-state index in [4.69, 9.17) is 0 Å². The topological polar surface area (TPSA) is 42.0 Å². The summed E-state index contributed by atoms with van der Waals surface area (Å²) in [6.07, 6.45) is 6.70. The Balaban J connectivity index is 1.73. The average Bonchev–Trinajstić information content (AvgIpc) is 3.00. The lowest BCUT2D eigenvalue weighted by atomic mass is 9.92. The van der Waals surface area contributed by atoms with Crippen molar-refractivity contribution in [1.29, 1.82) is 0 Å². The first kappa shape index (κ1) is 13.1. The molecule has 1 aliphatic carbocycles. The molecular weight excluding hydrogens is 248 g/mol. The third-order valence-corrected chi connectivity index (χ3v) is 4.39. The summed E-state index contributed by atoms with van der Waals surface area (Å²) in [6.45, 7) is 2.05. The minimum Gasteiger partial charge on any atom is -0.326 e. The van der Waals surface area contributed by atoms with E-state index in [1.54, 1.807) is 6.20 Å². The van der Waals surface area contributed by atoms with Crippen molar-refractivity contribution >= 4 is 22.5 Å². The highest BCUT2D eigenvalue weighted by molar-refractivity contribution is 5.94. The van der Waals surface area contributed by atoms with Gasteiger partial charge in [-0.25, -0.2) is 0 Å². The molecular formula is C17H20N2O. The molecule has 1 heterocycles. The van der Waals surface area contributed by atoms with Crippen LogP contribution >= 0.6 is 0 Å². The molecule has 0 radical (unpaired) electrons. The van der Waals surface area contributed by atoms with Crippen molar-refractivity contribution in [3.63, 3.8) is 0 Å². The number of rotatable bonds is 3. The van der Waals surface area contributed by atoms with Gasteiger partial charge in [0.25, 0.3) is 0 Å². The van der Waals surface area contributed by atoms with Crippen LogP contribution in [0.25, 0.3) is 10.9 Å². The number of anilines is 1. The fourth-order valence-electron chi connectivity index (χ4n) is 3.08. The highest BCUT2D eigenvalue weighted by Crippen LogP contribution is 2.32. The van der Waals surface area contributed by atoms with Crippen LogP contribution in [0.3, 0.4) is 0 Å². The van der Waals surface area contributed by atoms with Crippen molar-refractivity contribution in [2.75, 3.05) is 5.32 Å². The Hall–Kier alpha value is -1.90. The van der Waals surface area contributed by atoms with E-state index in [0.717, 1.165) is 16.6 Å². The van der Waals surface area contributed by atoms with Crippen molar-refractivity contribution in [3.05, 3.63) is 36.5 Å². The summed E-state index contributed by atoms with van der Waals surface area (Å²) in [6, 6.07) is 9.79. The zero-order chi connectivity index (χ0) is 13.9. The second-order valence-electron chi connectivity index (χ2n) is 5.73. The van der Waals surface area contributed by atoms with Gasteiger partial charge in [-0.3, -0.25) is 9.78 Å². The van der Waals surface area contributed by atoms with Crippen LogP contribution in [0.1, 0.15) is 32.6 Å². The maximum absolute atomic E-state index is 12.3. The molecule has 1 atom stereocenters. The average molecular weight is 268 g/mol. The Kier molecular flexibility index (Phi) is 3.68. The molecule has 0 bridgehead atoms. The van der Waals surface area contributed by atoms with E-state index in [2.05, 4.69) is 10.3 Å². The summed E-state index contributed by atoms with van der Waals surface area (Å²) in [5.41, 5.74) is 1.81. The third kappa shape index (κ3) is 2.67. The van der Waals surface area contributed by atoms with Gasteiger partial charge in [0.15, 0.2) is 0 Å². The van der Waals surface area contributed by atoms with Gasteiger partial charge in [-0.2, -0.15) is 0 Å². The van der Waals surface area contributed by atoms with E-state index in [0.29, 0.717) is 5.92 Å². The molecule has 1 saturated carbocycles. The maximum Gasteiger partial charge on any atom is 0.227 e. The van der Waals surface area contributed by atoms with Crippen LogP contribution in [0.15, 0.2) is 36.5 Å². The molecule has 0 saturated heterocycles. The predicted molar refractivity (Wildman–Crippen MR) is 81.5 cm³/mol. The molecule has 1 aliphatic rings. The summed E-state index contributed by atoms with van der Waals surface area (Å²) in [7, 11) is 0. The molecule has 20 heavy (non-hydrogen) atoms. The molecule has 2 aromatic rings. The van der Waals surface area contributed by atoms with Crippen molar-refractivity contribution in [2.45, 2.75) is 32.6 Å². The van der Waals surface area contributed by atoms with Gasteiger partial charge in [0.1, 0.15) is 0 Å². The van der Waals surface area contributed by atoms with Crippen LogP contribution in [-0.4, -0.2) is 10.9 Å². The molecule has 1 aromatic carbocycles. The minimum atomic E-state index is 0.0992. The standard InChI is InChI=1S/C17H20N2O/c1-12(13-5-2-3-6-13)17(20)19-15-8-9-16-14(11-15)7-4-10-18-16/h4,7-13H,2-3,5-6H2,1H3,(H,19,20). The summed E-state index contributed by atoms with van der Waals surface area (Å²) < 4.78 is 0. The first-order valence-electron chi connectivity index (χ1n) is 7.40. The Labute approximate surface area is 119 Å². The van der Waals surface area contributed by atoms with Crippen molar-refractivity contribution in [3.8, 4) is 0 Å². The Morgan fingerprint density at radius 2 is 2.10 bits per heavy atom. The fourth-order valence-corrected chi connectivity index (χ4v) is 3.08. The second kappa shape index (κ2) is 5.61. The van der Waals surface area contributed by atoms with Crippen LogP contribution in [0.4, 0.5) is 5.69 Å². The van der Waals surface area contributed by atoms with Gasteiger partial charge >= 0.3 is 0 Å². The summed E-state index contributed by atoms with van der Waals surface area (Å²) in [5, 5.41) is 4.10. The van der Waals surface area contributed by atoms with Gasteiger partial charge in [-0.15, -0.1) is 0 Å². The molecule has 3 nitrogen and oxygen atoms in total. The summed E-state index contributed by atoms with van der Waals surface area (Å²) in [4.78, 5) is 16.6. The van der Waals surface area contributed by atoms with Crippen LogP contribution in [0.5, 0.6) is 0 Å². The molecule has 0 aliphatic heterocycles. The lowest BCUT2D eigenvalue weighted by molar-refractivity contribution is -0.120. The van der Waals surface area contributed by atoms with Crippen LogP contribution in [-0.2, 0) is 4.79 Å². The Morgan fingerprint density at radius 1 is 1.30 bits per heavy atom. The molecule has 1 amide bonds. The SMILES string of the molecule is CC(C(=O)Nc1ccc2ncccc2c1)C1CCCC1. The molecule has 104 valence electrons. The van der Waals surface area contributed by atoms with E-state index in [1.807, 2.05) is 37.3 Å². The first-order valence-corrected chi connectivity index (χ1v) is 7.40. The normalized spacial score (nSPS) is 17.2. The summed E-state index contributed by atoms with van der Waals surface area (Å²) in [5.74, 6) is 0.791. The number of benzene rings is 1. The number of carbonyl (C=O) groups excluding carboxylic acids is 1. The van der Waals surface area contributed by atoms with Crippen molar-refractivity contribution in [1.82, 2.24) is 4.98 Å². The quantitative estimate of drug-likeness (QED) is 0.914. The Morgan fingerprint density at radius 3 is 2.90 bits per heavy atom. The van der Waals surface area contributed by atoms with Crippen LogP contribution in [0.2, 0.25) is 0 Å². The number of hydrogen-bond acceptors (Lipinski definition) is 2. The molecule has 1 aromatic heterocycles. The number of hydrogen-bond donors (Lipinski definition) is 1. The zero-order valence-electron chi connectivity index (χ0n) is 11.8. The lowest BCUT2D eigenvalue weighted by Crippen LogP contribution is -2.25. The molecule has 1 fully saturated rings. The molecule has 0 spiro atoms. The van der Waals surface area contributed by atoms with E-state index in [9.17, 15) is 4.79 Å². The smallest absolute Gasteiger partial charge is 0.227 e. The number of carbonyl (C=O) groups is 1. The van der Waals surface area contributed by atoms with Crippen LogP contribution in [0, 0.1) is 11.8 Å². The molecule has 1 unspecified atom stereocenters. The second-order valence-corrected chi connectivity index (χ2v) is 5.73. The van der Waals surface area contributed by atoms with Crippen LogP contribution < -0.4 is 5.32 Å². The molecule has 3 heteroatoms. The van der Waals surface area contributed by atoms with Gasteiger partial charge < -0.3 is 5.32 Å². The van der Waals surface area contributed by atoms with E-state index >= 15 is 0 Å². The number of pyridine rings is 1. The minimum absolute atomic E-state index is 0.0992. The number of nitrogens with zero attached hydrogens (tertiary/aromatic N) is 1. The number of amides is 1. The number of aromatic nitrogens is 1. The summed E-state index contributed by atoms with van der Waals surface area (Å²) >= 11 is 0. The van der Waals surface area contributed by atoms with E-state index in [-0.39, 0.29) is 11.8 Å². The lowest BCUT2D eigenvalue weighted by Gasteiger charge is -2.18. The van der Waals surface area contributed by atoms with Gasteiger partial charge in [-0.05, 0) is 43.0 Å². The van der Waals surface area contributed by atoms with Crippen molar-refractivity contribution in [2.24, 2.45) is 11.8 Å². The largest absolute Gasteiger partial charge is 0.326 e.